The maximum Gasteiger partial charge on any atom is 0.320 e. The van der Waals surface area contributed by atoms with Crippen molar-refractivity contribution in [1.29, 1.82) is 0 Å². The number of H-pyrrole nitrogens is 1. The minimum Gasteiger partial charge on any atom is -0.787 e. The summed E-state index contributed by atoms with van der Waals surface area (Å²) >= 11 is 0. The van der Waals surface area contributed by atoms with Crippen LogP contribution in [0.25, 0.3) is 10.9 Å². The highest BCUT2D eigenvalue weighted by atomic mass is 16.5. The van der Waals surface area contributed by atoms with Crippen molar-refractivity contribution in [2.75, 3.05) is 0 Å². The molecule has 1 heterocycles. The fraction of sp³-hybridized carbons (Fsp3) is 0.182. The number of benzene rings is 1. The minimum absolute atomic E-state index is 0.146. The van der Waals surface area contributed by atoms with Crippen LogP contribution in [0.1, 0.15) is 5.69 Å². The van der Waals surface area contributed by atoms with Gasteiger partial charge < -0.3 is 20.8 Å². The van der Waals surface area contributed by atoms with Gasteiger partial charge in [0.1, 0.15) is 0 Å². The van der Waals surface area contributed by atoms with Gasteiger partial charge in [-0.25, -0.2) is 0 Å². The number of carboxylic acid groups (broad SMARTS) is 1. The van der Waals surface area contributed by atoms with Gasteiger partial charge in [-0.1, -0.05) is 18.2 Å². The Morgan fingerprint density at radius 1 is 1.50 bits per heavy atom. The molecule has 5 nitrogen and oxygen atoms in total. The predicted molar refractivity (Wildman–Crippen MR) is 59.9 cm³/mol. The lowest BCUT2D eigenvalue weighted by molar-refractivity contribution is -0.139. The van der Waals surface area contributed by atoms with Crippen molar-refractivity contribution >= 4 is 16.9 Å². The number of hydrogen-bond acceptors (Lipinski definition) is 3. The first-order valence-electron chi connectivity index (χ1n) is 4.88. The third kappa shape index (κ3) is 2.05. The molecule has 0 bridgehead atoms. The molecule has 5 heteroatoms. The molecule has 0 amide bonds. The molecule has 0 aliphatic rings. The maximum absolute atomic E-state index is 10.7. The second-order valence-corrected chi connectivity index (χ2v) is 3.59. The summed E-state index contributed by atoms with van der Waals surface area (Å²) in [5.74, 6) is -1.14. The van der Waals surface area contributed by atoms with Crippen LogP contribution in [-0.2, 0) is 11.2 Å². The largest absolute Gasteiger partial charge is 0.787 e. The number of hydrogen-bond donors (Lipinski definition) is 3. The van der Waals surface area contributed by atoms with E-state index in [1.54, 1.807) is 0 Å². The number of aromatic amines is 1. The molecule has 2 rings (SSSR count). The van der Waals surface area contributed by atoms with Gasteiger partial charge in [0.05, 0.1) is 6.04 Å². The van der Waals surface area contributed by atoms with Crippen LogP contribution >= 0.6 is 0 Å². The lowest BCUT2D eigenvalue weighted by atomic mass is 10.1. The standard InChI is InChI=1S/C11H11N2O3/c14-11(15)10(13-16)6-8-5-7-3-1-2-4-9(7)12-8/h1-5,10,12-13H,6H2,(H,14,15)/q-1/t10-/m0/s1. The van der Waals surface area contributed by atoms with E-state index in [2.05, 4.69) is 4.98 Å². The fourth-order valence-corrected chi connectivity index (χ4v) is 1.64. The van der Waals surface area contributed by atoms with Crippen LogP contribution in [0.2, 0.25) is 0 Å². The van der Waals surface area contributed by atoms with E-state index in [-0.39, 0.29) is 6.42 Å². The summed E-state index contributed by atoms with van der Waals surface area (Å²) in [5, 5.41) is 20.2. The first kappa shape index (κ1) is 10.7. The van der Waals surface area contributed by atoms with Crippen molar-refractivity contribution in [3.63, 3.8) is 0 Å². The molecule has 16 heavy (non-hydrogen) atoms. The van der Waals surface area contributed by atoms with Crippen LogP contribution in [0.5, 0.6) is 0 Å². The number of fused-ring (bicyclic) bond motifs is 1. The Balaban J connectivity index is 2.24. The van der Waals surface area contributed by atoms with Crippen molar-refractivity contribution < 1.29 is 9.90 Å². The second kappa shape index (κ2) is 4.34. The Kier molecular flexibility index (Phi) is 2.89. The van der Waals surface area contributed by atoms with E-state index in [1.807, 2.05) is 30.3 Å². The van der Waals surface area contributed by atoms with Crippen LogP contribution in [-0.4, -0.2) is 22.1 Å². The Morgan fingerprint density at radius 3 is 2.88 bits per heavy atom. The van der Waals surface area contributed by atoms with Crippen molar-refractivity contribution in [3.8, 4) is 0 Å². The minimum atomic E-state index is -1.14. The predicted octanol–water partition coefficient (Wildman–Crippen LogP) is 1.25. The highest BCUT2D eigenvalue weighted by Crippen LogP contribution is 2.15. The molecule has 2 aromatic rings. The monoisotopic (exact) mass is 219 g/mol. The molecule has 0 unspecified atom stereocenters. The molecular weight excluding hydrogens is 208 g/mol. The number of aliphatic carboxylic acids is 1. The van der Waals surface area contributed by atoms with Gasteiger partial charge in [0.25, 0.3) is 0 Å². The van der Waals surface area contributed by atoms with Crippen molar-refractivity contribution in [2.24, 2.45) is 0 Å². The summed E-state index contributed by atoms with van der Waals surface area (Å²) in [5.41, 5.74) is 3.20. The average Bonchev–Trinajstić information content (AvgIpc) is 2.67. The number of carbonyl (C=O) groups is 1. The van der Waals surface area contributed by atoms with Gasteiger partial charge in [0, 0.05) is 17.6 Å². The molecule has 84 valence electrons. The van der Waals surface area contributed by atoms with Crippen molar-refractivity contribution in [2.45, 2.75) is 12.5 Å². The van der Waals surface area contributed by atoms with Crippen molar-refractivity contribution in [1.82, 2.24) is 10.5 Å². The van der Waals surface area contributed by atoms with Gasteiger partial charge in [-0.2, -0.15) is 0 Å². The van der Waals surface area contributed by atoms with Crippen LogP contribution in [0.4, 0.5) is 0 Å². The van der Waals surface area contributed by atoms with E-state index in [0.717, 1.165) is 16.6 Å². The highest BCUT2D eigenvalue weighted by Gasteiger charge is 2.14. The third-order valence-electron chi connectivity index (χ3n) is 2.45. The van der Waals surface area contributed by atoms with E-state index in [4.69, 9.17) is 5.11 Å². The lowest BCUT2D eigenvalue weighted by Crippen LogP contribution is -2.34. The number of hydroxylamine groups is 1. The molecule has 0 radical (unpaired) electrons. The number of rotatable bonds is 4. The van der Waals surface area contributed by atoms with Gasteiger partial charge in [0.2, 0.25) is 0 Å². The van der Waals surface area contributed by atoms with Crippen LogP contribution in [0.15, 0.2) is 30.3 Å². The van der Waals surface area contributed by atoms with Crippen LogP contribution < -0.4 is 5.48 Å². The molecule has 1 atom stereocenters. The number of carboxylic acids is 1. The quantitative estimate of drug-likeness (QED) is 0.675. The molecule has 0 aliphatic heterocycles. The first-order chi connectivity index (χ1) is 7.70. The molecule has 0 aliphatic carbocycles. The van der Waals surface area contributed by atoms with Gasteiger partial charge in [0.15, 0.2) is 0 Å². The number of aromatic nitrogens is 1. The Bertz CT molecular complexity index is 474. The van der Waals surface area contributed by atoms with Gasteiger partial charge >= 0.3 is 5.97 Å². The molecule has 1 aromatic carbocycles. The first-order valence-corrected chi connectivity index (χ1v) is 4.88. The number of para-hydroxylation sites is 1. The Hall–Kier alpha value is -1.85. The molecule has 0 fully saturated rings. The zero-order chi connectivity index (χ0) is 11.5. The van der Waals surface area contributed by atoms with Crippen molar-refractivity contribution in [3.05, 3.63) is 41.2 Å². The van der Waals surface area contributed by atoms with E-state index in [1.165, 1.54) is 5.48 Å². The topological polar surface area (TPSA) is 88.2 Å². The van der Waals surface area contributed by atoms with Gasteiger partial charge in [-0.15, -0.1) is 0 Å². The van der Waals surface area contributed by atoms with E-state index in [9.17, 15) is 10.0 Å². The van der Waals surface area contributed by atoms with E-state index < -0.39 is 12.0 Å². The smallest absolute Gasteiger partial charge is 0.320 e. The zero-order valence-corrected chi connectivity index (χ0v) is 8.43. The van der Waals surface area contributed by atoms with Gasteiger partial charge in [-0.05, 0) is 17.5 Å². The molecule has 0 saturated carbocycles. The van der Waals surface area contributed by atoms with E-state index in [0.29, 0.717) is 0 Å². The molecule has 1 aromatic heterocycles. The summed E-state index contributed by atoms with van der Waals surface area (Å²) in [6, 6.07) is 8.37. The van der Waals surface area contributed by atoms with Crippen LogP contribution in [0, 0.1) is 5.21 Å². The Morgan fingerprint density at radius 2 is 2.25 bits per heavy atom. The summed E-state index contributed by atoms with van der Waals surface area (Å²) < 4.78 is 0. The molecular formula is C11H11N2O3-. The van der Waals surface area contributed by atoms with E-state index >= 15 is 0 Å². The second-order valence-electron chi connectivity index (χ2n) is 3.59. The molecule has 3 N–H and O–H groups in total. The summed E-state index contributed by atoms with van der Waals surface area (Å²) in [6.07, 6.45) is 0.146. The van der Waals surface area contributed by atoms with Crippen LogP contribution in [0.3, 0.4) is 0 Å². The molecule has 0 spiro atoms. The lowest BCUT2D eigenvalue weighted by Gasteiger charge is -2.16. The van der Waals surface area contributed by atoms with Gasteiger partial charge in [-0.3, -0.25) is 4.79 Å². The summed E-state index contributed by atoms with van der Waals surface area (Å²) in [6.45, 7) is 0. The highest BCUT2D eigenvalue weighted by molar-refractivity contribution is 5.80. The molecule has 0 saturated heterocycles. The summed E-state index contributed by atoms with van der Waals surface area (Å²) in [4.78, 5) is 13.7. The normalized spacial score (nSPS) is 12.8. The zero-order valence-electron chi connectivity index (χ0n) is 8.43. The SMILES string of the molecule is O=C(O)[C@H](Cc1cc2ccccc2[nH]1)N[O-]. The Labute approximate surface area is 91.7 Å². The average molecular weight is 219 g/mol. The maximum atomic E-state index is 10.7. The fourth-order valence-electron chi connectivity index (χ4n) is 1.64. The summed E-state index contributed by atoms with van der Waals surface area (Å²) in [7, 11) is 0. The third-order valence-corrected chi connectivity index (χ3v) is 2.45. The number of nitrogens with one attached hydrogen (secondary N) is 2.